The molecule has 0 heterocycles. The highest BCUT2D eigenvalue weighted by Gasteiger charge is 2.18. The van der Waals surface area contributed by atoms with Gasteiger partial charge in [-0.25, -0.2) is 4.79 Å². The van der Waals surface area contributed by atoms with Crippen molar-refractivity contribution in [1.29, 1.82) is 0 Å². The number of benzene rings is 1. The molecule has 0 saturated heterocycles. The quantitative estimate of drug-likeness (QED) is 0.831. The molecule has 0 radical (unpaired) electrons. The average molecular weight is 222 g/mol. The normalized spacial score (nSPS) is 12.4. The molecule has 1 rings (SSSR count). The van der Waals surface area contributed by atoms with E-state index in [1.165, 1.54) is 5.56 Å². The molecule has 0 bridgehead atoms. The molecule has 1 N–H and O–H groups in total. The Morgan fingerprint density at radius 1 is 1.44 bits per heavy atom. The molecule has 1 atom stereocenters. The van der Waals surface area contributed by atoms with Gasteiger partial charge in [-0.2, -0.15) is 0 Å². The summed E-state index contributed by atoms with van der Waals surface area (Å²) in [4.78, 5) is 11.0. The van der Waals surface area contributed by atoms with Gasteiger partial charge in [-0.1, -0.05) is 18.2 Å². The molecule has 0 unspecified atom stereocenters. The summed E-state index contributed by atoms with van der Waals surface area (Å²) < 4.78 is 5.20. The van der Waals surface area contributed by atoms with Crippen molar-refractivity contribution in [2.75, 3.05) is 6.61 Å². The van der Waals surface area contributed by atoms with Gasteiger partial charge in [0, 0.05) is 13.0 Å². The number of carbonyl (C=O) groups is 1. The second-order valence-electron chi connectivity index (χ2n) is 3.85. The number of carboxylic acid groups (broad SMARTS) is 1. The number of hydrogen-bond donors (Lipinski definition) is 1. The third-order valence-electron chi connectivity index (χ3n) is 2.77. The van der Waals surface area contributed by atoms with E-state index < -0.39 is 12.1 Å². The van der Waals surface area contributed by atoms with Crippen molar-refractivity contribution in [2.45, 2.75) is 33.3 Å². The minimum atomic E-state index is -0.900. The van der Waals surface area contributed by atoms with Gasteiger partial charge in [0.05, 0.1) is 0 Å². The van der Waals surface area contributed by atoms with Crippen LogP contribution in [0.15, 0.2) is 18.2 Å². The van der Waals surface area contributed by atoms with Crippen molar-refractivity contribution < 1.29 is 14.6 Å². The molecule has 0 aromatic heterocycles. The number of hydrogen-bond acceptors (Lipinski definition) is 2. The van der Waals surface area contributed by atoms with E-state index in [0.29, 0.717) is 13.0 Å². The van der Waals surface area contributed by atoms with Crippen molar-refractivity contribution in [3.05, 3.63) is 34.9 Å². The van der Waals surface area contributed by atoms with Crippen molar-refractivity contribution in [3.63, 3.8) is 0 Å². The third kappa shape index (κ3) is 3.07. The monoisotopic (exact) mass is 222 g/mol. The van der Waals surface area contributed by atoms with E-state index in [-0.39, 0.29) is 0 Å². The number of rotatable bonds is 5. The lowest BCUT2D eigenvalue weighted by Crippen LogP contribution is -2.26. The molecule has 0 amide bonds. The van der Waals surface area contributed by atoms with Crippen LogP contribution in [-0.2, 0) is 16.0 Å². The maximum Gasteiger partial charge on any atom is 0.333 e. The van der Waals surface area contributed by atoms with E-state index in [1.807, 2.05) is 32.0 Å². The maximum absolute atomic E-state index is 11.0. The summed E-state index contributed by atoms with van der Waals surface area (Å²) in [5.41, 5.74) is 3.37. The van der Waals surface area contributed by atoms with Crippen LogP contribution in [0.4, 0.5) is 0 Å². The van der Waals surface area contributed by atoms with Gasteiger partial charge in [0.15, 0.2) is 6.10 Å². The fourth-order valence-electron chi connectivity index (χ4n) is 1.65. The van der Waals surface area contributed by atoms with Crippen LogP contribution in [0.3, 0.4) is 0 Å². The van der Waals surface area contributed by atoms with Gasteiger partial charge >= 0.3 is 5.97 Å². The lowest BCUT2D eigenvalue weighted by Gasteiger charge is -2.14. The summed E-state index contributed by atoms with van der Waals surface area (Å²) >= 11 is 0. The van der Waals surface area contributed by atoms with E-state index >= 15 is 0 Å². The van der Waals surface area contributed by atoms with Crippen molar-refractivity contribution in [3.8, 4) is 0 Å². The van der Waals surface area contributed by atoms with E-state index in [4.69, 9.17) is 9.84 Å². The summed E-state index contributed by atoms with van der Waals surface area (Å²) in [6.45, 7) is 6.26. The van der Waals surface area contributed by atoms with Crippen LogP contribution >= 0.6 is 0 Å². The Bertz CT molecular complexity index is 371. The number of ether oxygens (including phenoxy) is 1. The summed E-state index contributed by atoms with van der Waals surface area (Å²) in [5.74, 6) is -0.900. The van der Waals surface area contributed by atoms with Crippen LogP contribution in [0.5, 0.6) is 0 Å². The van der Waals surface area contributed by atoms with Crippen LogP contribution in [0, 0.1) is 13.8 Å². The van der Waals surface area contributed by atoms with E-state index in [1.54, 1.807) is 6.92 Å². The minimum absolute atomic E-state index is 0.418. The first-order chi connectivity index (χ1) is 7.56. The highest BCUT2D eigenvalue weighted by atomic mass is 16.5. The Labute approximate surface area is 96.1 Å². The Morgan fingerprint density at radius 2 is 2.12 bits per heavy atom. The number of carboxylic acids is 1. The molecule has 1 aromatic carbocycles. The summed E-state index contributed by atoms with van der Waals surface area (Å²) in [6, 6.07) is 5.93. The van der Waals surface area contributed by atoms with Crippen molar-refractivity contribution in [1.82, 2.24) is 0 Å². The van der Waals surface area contributed by atoms with Gasteiger partial charge < -0.3 is 9.84 Å². The van der Waals surface area contributed by atoms with Gasteiger partial charge in [0.2, 0.25) is 0 Å². The molecule has 0 fully saturated rings. The Morgan fingerprint density at radius 3 is 2.69 bits per heavy atom. The first-order valence-electron chi connectivity index (χ1n) is 5.45. The zero-order valence-corrected chi connectivity index (χ0v) is 9.99. The van der Waals surface area contributed by atoms with Crippen molar-refractivity contribution in [2.24, 2.45) is 0 Å². The zero-order valence-electron chi connectivity index (χ0n) is 9.99. The molecule has 1 aromatic rings. The molecule has 0 aliphatic heterocycles. The third-order valence-corrected chi connectivity index (χ3v) is 2.77. The van der Waals surface area contributed by atoms with Crippen LogP contribution in [0.2, 0.25) is 0 Å². The highest BCUT2D eigenvalue weighted by Crippen LogP contribution is 2.15. The standard InChI is InChI=1S/C13H18O3/c1-4-16-12(13(14)15)8-11-7-5-6-9(2)10(11)3/h5-7,12H,4,8H2,1-3H3,(H,14,15)/t12-/m1/s1. The summed E-state index contributed by atoms with van der Waals surface area (Å²) in [5, 5.41) is 9.00. The molecular weight excluding hydrogens is 204 g/mol. The van der Waals surface area contributed by atoms with E-state index in [0.717, 1.165) is 11.1 Å². The molecule has 0 aliphatic carbocycles. The second-order valence-corrected chi connectivity index (χ2v) is 3.85. The largest absolute Gasteiger partial charge is 0.479 e. The summed E-state index contributed by atoms with van der Waals surface area (Å²) in [7, 11) is 0. The summed E-state index contributed by atoms with van der Waals surface area (Å²) in [6.07, 6.45) is -0.318. The SMILES string of the molecule is CCO[C@H](Cc1cccc(C)c1C)C(=O)O. The lowest BCUT2D eigenvalue weighted by atomic mass is 9.99. The van der Waals surface area contributed by atoms with Crippen molar-refractivity contribution >= 4 is 5.97 Å². The van der Waals surface area contributed by atoms with Gasteiger partial charge in [-0.05, 0) is 37.5 Å². The molecular formula is C13H18O3. The van der Waals surface area contributed by atoms with Crippen LogP contribution in [0.25, 0.3) is 0 Å². The van der Waals surface area contributed by atoms with Crippen LogP contribution < -0.4 is 0 Å². The Balaban J connectivity index is 2.85. The molecule has 3 heteroatoms. The minimum Gasteiger partial charge on any atom is -0.479 e. The smallest absolute Gasteiger partial charge is 0.333 e. The van der Waals surface area contributed by atoms with Gasteiger partial charge in [0.1, 0.15) is 0 Å². The maximum atomic E-state index is 11.0. The molecule has 0 aliphatic rings. The predicted molar refractivity (Wildman–Crippen MR) is 62.7 cm³/mol. The first-order valence-corrected chi connectivity index (χ1v) is 5.45. The van der Waals surface area contributed by atoms with Gasteiger partial charge in [0.25, 0.3) is 0 Å². The number of aryl methyl sites for hydroxylation is 1. The van der Waals surface area contributed by atoms with Crippen LogP contribution in [-0.4, -0.2) is 23.8 Å². The molecule has 3 nitrogen and oxygen atoms in total. The second kappa shape index (κ2) is 5.66. The Hall–Kier alpha value is -1.35. The molecule has 88 valence electrons. The fourth-order valence-corrected chi connectivity index (χ4v) is 1.65. The molecule has 0 saturated carbocycles. The number of aliphatic carboxylic acids is 1. The predicted octanol–water partition coefficient (Wildman–Crippen LogP) is 2.34. The van der Waals surface area contributed by atoms with E-state index in [2.05, 4.69) is 0 Å². The topological polar surface area (TPSA) is 46.5 Å². The van der Waals surface area contributed by atoms with E-state index in [9.17, 15) is 4.79 Å². The molecule has 16 heavy (non-hydrogen) atoms. The fraction of sp³-hybridized carbons (Fsp3) is 0.462. The van der Waals surface area contributed by atoms with Gasteiger partial charge in [-0.15, -0.1) is 0 Å². The molecule has 0 spiro atoms. The van der Waals surface area contributed by atoms with Crippen LogP contribution in [0.1, 0.15) is 23.6 Å². The highest BCUT2D eigenvalue weighted by molar-refractivity contribution is 5.72. The van der Waals surface area contributed by atoms with Gasteiger partial charge in [-0.3, -0.25) is 0 Å². The average Bonchev–Trinajstić information content (AvgIpc) is 2.23. The lowest BCUT2D eigenvalue weighted by molar-refractivity contribution is -0.149. The zero-order chi connectivity index (χ0) is 12.1. The first kappa shape index (κ1) is 12.7. The Kier molecular flexibility index (Phi) is 4.50.